The minimum Gasteiger partial charge on any atom is -0.489 e. The maximum absolute atomic E-state index is 13.1. The molecule has 0 fully saturated rings. The van der Waals surface area contributed by atoms with E-state index < -0.39 is 12.1 Å². The third-order valence-corrected chi connectivity index (χ3v) is 5.24. The molecule has 33 heavy (non-hydrogen) atoms. The van der Waals surface area contributed by atoms with Crippen LogP contribution in [-0.4, -0.2) is 11.8 Å². The second kappa shape index (κ2) is 10.4. The van der Waals surface area contributed by atoms with Gasteiger partial charge in [-0.25, -0.2) is 4.79 Å². The lowest BCUT2D eigenvalue weighted by Gasteiger charge is -2.17. The molecule has 1 atom stereocenters. The van der Waals surface area contributed by atoms with E-state index in [0.29, 0.717) is 23.3 Å². The zero-order valence-electron chi connectivity index (χ0n) is 18.3. The molecule has 0 radical (unpaired) electrons. The molecule has 0 amide bonds. The Balaban J connectivity index is 1.46. The number of ketones is 1. The smallest absolute Gasteiger partial charge is 0.339 e. The Morgan fingerprint density at radius 2 is 1.30 bits per heavy atom. The molecule has 0 aliphatic carbocycles. The Bertz CT molecular complexity index is 1200. The highest BCUT2D eigenvalue weighted by Crippen LogP contribution is 2.24. The number of hydrogen-bond acceptors (Lipinski definition) is 4. The van der Waals surface area contributed by atoms with Crippen LogP contribution in [0.25, 0.3) is 0 Å². The second-order valence-electron chi connectivity index (χ2n) is 7.72. The lowest BCUT2D eigenvalue weighted by atomic mass is 9.99. The Kier molecular flexibility index (Phi) is 6.96. The summed E-state index contributed by atoms with van der Waals surface area (Å²) in [7, 11) is 0. The average molecular weight is 437 g/mol. The van der Waals surface area contributed by atoms with E-state index in [-0.39, 0.29) is 5.78 Å². The van der Waals surface area contributed by atoms with Crippen molar-refractivity contribution in [2.75, 3.05) is 0 Å². The van der Waals surface area contributed by atoms with Gasteiger partial charge in [-0.05, 0) is 36.8 Å². The largest absolute Gasteiger partial charge is 0.489 e. The highest BCUT2D eigenvalue weighted by Gasteiger charge is 2.26. The van der Waals surface area contributed by atoms with E-state index in [1.165, 1.54) is 5.56 Å². The third-order valence-electron chi connectivity index (χ3n) is 5.24. The van der Waals surface area contributed by atoms with Crippen LogP contribution < -0.4 is 4.74 Å². The summed E-state index contributed by atoms with van der Waals surface area (Å²) in [6, 6.07) is 32.7. The number of carbonyl (C=O) groups is 2. The van der Waals surface area contributed by atoms with Crippen LogP contribution in [-0.2, 0) is 11.3 Å². The van der Waals surface area contributed by atoms with Gasteiger partial charge in [-0.2, -0.15) is 0 Å². The standard InChI is InChI=1S/C29H24O4/c1-21-12-18-26(19-13-21)32-20-22-14-16-25(17-15-22)29(31)33-28(24-10-6-3-7-11-24)27(30)23-8-4-2-5-9-23/h2-19,28H,20H2,1H3/t28-/m1/s1. The number of hydrogen-bond donors (Lipinski definition) is 0. The van der Waals surface area contributed by atoms with Gasteiger partial charge in [-0.3, -0.25) is 4.79 Å². The SMILES string of the molecule is Cc1ccc(OCc2ccc(C(=O)O[C@@H](C(=O)c3ccccc3)c3ccccc3)cc2)cc1. The van der Waals surface area contributed by atoms with Crippen LogP contribution in [0.1, 0.15) is 43.5 Å². The van der Waals surface area contributed by atoms with Crippen LogP contribution in [0.4, 0.5) is 0 Å². The highest BCUT2D eigenvalue weighted by atomic mass is 16.5. The fourth-order valence-corrected chi connectivity index (χ4v) is 3.37. The van der Waals surface area contributed by atoms with E-state index in [9.17, 15) is 9.59 Å². The fourth-order valence-electron chi connectivity index (χ4n) is 3.37. The number of rotatable bonds is 8. The summed E-state index contributed by atoms with van der Waals surface area (Å²) in [4.78, 5) is 26.0. The number of aryl methyl sites for hydroxylation is 1. The minimum atomic E-state index is -1.02. The molecule has 0 N–H and O–H groups in total. The molecule has 164 valence electrons. The van der Waals surface area contributed by atoms with E-state index in [0.717, 1.165) is 11.3 Å². The monoisotopic (exact) mass is 436 g/mol. The predicted molar refractivity (Wildman–Crippen MR) is 127 cm³/mol. The molecule has 0 heterocycles. The maximum Gasteiger partial charge on any atom is 0.339 e. The van der Waals surface area contributed by atoms with Crippen molar-refractivity contribution < 1.29 is 19.1 Å². The average Bonchev–Trinajstić information content (AvgIpc) is 2.88. The summed E-state index contributed by atoms with van der Waals surface area (Å²) in [5.74, 6) is -0.0355. The number of benzene rings is 4. The Morgan fingerprint density at radius 1 is 0.697 bits per heavy atom. The summed E-state index contributed by atoms with van der Waals surface area (Å²) in [5, 5.41) is 0. The molecule has 0 unspecified atom stereocenters. The summed E-state index contributed by atoms with van der Waals surface area (Å²) in [6.45, 7) is 2.41. The molecule has 0 aromatic heterocycles. The van der Waals surface area contributed by atoms with Crippen molar-refractivity contribution in [3.05, 3.63) is 137 Å². The van der Waals surface area contributed by atoms with Crippen LogP contribution in [0.3, 0.4) is 0 Å². The topological polar surface area (TPSA) is 52.6 Å². The van der Waals surface area contributed by atoms with E-state index in [2.05, 4.69) is 0 Å². The molecule has 0 aliphatic heterocycles. The van der Waals surface area contributed by atoms with Crippen molar-refractivity contribution in [2.45, 2.75) is 19.6 Å². The Hall–Kier alpha value is -4.18. The Labute approximate surface area is 193 Å². The van der Waals surface area contributed by atoms with Crippen LogP contribution in [0, 0.1) is 6.92 Å². The number of esters is 1. The summed E-state index contributed by atoms with van der Waals surface area (Å²) < 4.78 is 11.5. The van der Waals surface area contributed by atoms with Crippen LogP contribution in [0.15, 0.2) is 109 Å². The van der Waals surface area contributed by atoms with Crippen molar-refractivity contribution >= 4 is 11.8 Å². The van der Waals surface area contributed by atoms with E-state index in [1.54, 1.807) is 48.5 Å². The third kappa shape index (κ3) is 5.74. The van der Waals surface area contributed by atoms with E-state index >= 15 is 0 Å². The number of ether oxygens (including phenoxy) is 2. The molecule has 4 aromatic carbocycles. The summed E-state index contributed by atoms with van der Waals surface area (Å²) in [5.41, 5.74) is 3.58. The van der Waals surface area contributed by atoms with Crippen molar-refractivity contribution in [1.82, 2.24) is 0 Å². The molecule has 0 saturated heterocycles. The van der Waals surface area contributed by atoms with E-state index in [4.69, 9.17) is 9.47 Å². The molecule has 4 nitrogen and oxygen atoms in total. The molecule has 4 aromatic rings. The van der Waals surface area contributed by atoms with Gasteiger partial charge in [0.2, 0.25) is 5.78 Å². The first-order valence-electron chi connectivity index (χ1n) is 10.7. The molecule has 4 rings (SSSR count). The first-order valence-corrected chi connectivity index (χ1v) is 10.7. The van der Waals surface area contributed by atoms with Gasteiger partial charge in [-0.15, -0.1) is 0 Å². The zero-order valence-corrected chi connectivity index (χ0v) is 18.3. The van der Waals surface area contributed by atoms with Crippen molar-refractivity contribution in [1.29, 1.82) is 0 Å². The van der Waals surface area contributed by atoms with Gasteiger partial charge >= 0.3 is 5.97 Å². The lowest BCUT2D eigenvalue weighted by Crippen LogP contribution is -2.20. The summed E-state index contributed by atoms with van der Waals surface area (Å²) >= 11 is 0. The van der Waals surface area contributed by atoms with Crippen molar-refractivity contribution in [3.8, 4) is 5.75 Å². The van der Waals surface area contributed by atoms with Gasteiger partial charge < -0.3 is 9.47 Å². The number of carbonyl (C=O) groups excluding carboxylic acids is 2. The van der Waals surface area contributed by atoms with Gasteiger partial charge in [0.25, 0.3) is 0 Å². The van der Waals surface area contributed by atoms with Gasteiger partial charge in [0.05, 0.1) is 5.56 Å². The second-order valence-corrected chi connectivity index (χ2v) is 7.72. The van der Waals surface area contributed by atoms with Crippen LogP contribution in [0.2, 0.25) is 0 Å². The normalized spacial score (nSPS) is 11.4. The van der Waals surface area contributed by atoms with Crippen molar-refractivity contribution in [3.63, 3.8) is 0 Å². The molecular formula is C29H24O4. The molecular weight excluding hydrogens is 412 g/mol. The molecule has 4 heteroatoms. The van der Waals surface area contributed by atoms with Crippen LogP contribution >= 0.6 is 0 Å². The molecule has 0 aliphatic rings. The first kappa shape index (κ1) is 22.0. The number of Topliss-reactive ketones (excluding diaryl/α,β-unsaturated/α-hetero) is 1. The Morgan fingerprint density at radius 3 is 1.94 bits per heavy atom. The first-order chi connectivity index (χ1) is 16.1. The highest BCUT2D eigenvalue weighted by molar-refractivity contribution is 6.02. The van der Waals surface area contributed by atoms with Gasteiger partial charge in [0.15, 0.2) is 6.10 Å². The van der Waals surface area contributed by atoms with Gasteiger partial charge in [-0.1, -0.05) is 90.5 Å². The minimum absolute atomic E-state index is 0.265. The van der Waals surface area contributed by atoms with Crippen LogP contribution in [0.5, 0.6) is 5.75 Å². The molecule has 0 saturated carbocycles. The lowest BCUT2D eigenvalue weighted by molar-refractivity contribution is 0.0280. The maximum atomic E-state index is 13.1. The zero-order chi connectivity index (χ0) is 23.0. The fraction of sp³-hybridized carbons (Fsp3) is 0.103. The quantitative estimate of drug-likeness (QED) is 0.238. The van der Waals surface area contributed by atoms with E-state index in [1.807, 2.05) is 67.6 Å². The molecule has 0 bridgehead atoms. The van der Waals surface area contributed by atoms with Gasteiger partial charge in [0.1, 0.15) is 12.4 Å². The summed E-state index contributed by atoms with van der Waals surface area (Å²) in [6.07, 6.45) is -1.02. The van der Waals surface area contributed by atoms with Gasteiger partial charge in [0, 0.05) is 11.1 Å². The predicted octanol–water partition coefficient (Wildman–Crippen LogP) is 6.36. The van der Waals surface area contributed by atoms with Crippen molar-refractivity contribution in [2.24, 2.45) is 0 Å². The molecule has 0 spiro atoms.